The van der Waals surface area contributed by atoms with Gasteiger partial charge in [0, 0.05) is 0 Å². The number of nitrogens with one attached hydrogen (secondary N) is 1. The van der Waals surface area contributed by atoms with Gasteiger partial charge in [0.2, 0.25) is 0 Å². The number of hydrogen-bond acceptors (Lipinski definition) is 4. The van der Waals surface area contributed by atoms with E-state index in [4.69, 9.17) is 16.3 Å². The Morgan fingerprint density at radius 3 is 3.05 bits per heavy atom. The highest BCUT2D eigenvalue weighted by molar-refractivity contribution is 6.32. The molecule has 0 aliphatic carbocycles. The lowest BCUT2D eigenvalue weighted by atomic mass is 10.2. The summed E-state index contributed by atoms with van der Waals surface area (Å²) in [6.07, 6.45) is 4.31. The van der Waals surface area contributed by atoms with Gasteiger partial charge in [0.1, 0.15) is 29.4 Å². The van der Waals surface area contributed by atoms with Gasteiger partial charge in [-0.2, -0.15) is 0 Å². The van der Waals surface area contributed by atoms with Crippen molar-refractivity contribution in [3.63, 3.8) is 0 Å². The minimum Gasteiger partial charge on any atom is -0.487 e. The predicted molar refractivity (Wildman–Crippen MR) is 72.4 cm³/mol. The fraction of sp³-hybridized carbons (Fsp3) is 0.0769. The fourth-order valence-electron chi connectivity index (χ4n) is 1.42. The maximum atomic E-state index is 13.8. The van der Waals surface area contributed by atoms with E-state index in [-0.39, 0.29) is 12.3 Å². The molecule has 1 N–H and O–H groups in total. The van der Waals surface area contributed by atoms with Crippen LogP contribution in [0.1, 0.15) is 0 Å². The summed E-state index contributed by atoms with van der Waals surface area (Å²) in [6, 6.07) is 4.52. The summed E-state index contributed by atoms with van der Waals surface area (Å²) in [5, 5.41) is 3.09. The van der Waals surface area contributed by atoms with Gasteiger partial charge in [-0.1, -0.05) is 30.3 Å². The van der Waals surface area contributed by atoms with Crippen molar-refractivity contribution in [3.05, 3.63) is 54.2 Å². The second-order valence-electron chi connectivity index (χ2n) is 3.56. The molecule has 0 saturated carbocycles. The van der Waals surface area contributed by atoms with Crippen LogP contribution in [0.5, 0.6) is 5.75 Å². The van der Waals surface area contributed by atoms with Gasteiger partial charge in [-0.25, -0.2) is 14.4 Å². The fourth-order valence-corrected chi connectivity index (χ4v) is 1.57. The van der Waals surface area contributed by atoms with Crippen molar-refractivity contribution in [1.29, 1.82) is 0 Å². The van der Waals surface area contributed by atoms with Crippen LogP contribution in [0.25, 0.3) is 0 Å². The number of hydrogen-bond donors (Lipinski definition) is 1. The lowest BCUT2D eigenvalue weighted by Gasteiger charge is -2.13. The van der Waals surface area contributed by atoms with Crippen molar-refractivity contribution in [2.45, 2.75) is 0 Å². The molecule has 0 aliphatic heterocycles. The lowest BCUT2D eigenvalue weighted by molar-refractivity contribution is 0.363. The predicted octanol–water partition coefficient (Wildman–Crippen LogP) is 3.58. The first-order valence-electron chi connectivity index (χ1n) is 5.47. The third-order valence-electron chi connectivity index (χ3n) is 2.24. The molecule has 0 bridgehead atoms. The third kappa shape index (κ3) is 3.20. The Morgan fingerprint density at radius 1 is 1.47 bits per heavy atom. The van der Waals surface area contributed by atoms with E-state index in [1.54, 1.807) is 18.2 Å². The topological polar surface area (TPSA) is 47.0 Å². The highest BCUT2D eigenvalue weighted by Crippen LogP contribution is 2.31. The van der Waals surface area contributed by atoms with Gasteiger partial charge in [0.15, 0.2) is 11.6 Å². The number of anilines is 2. The first kappa shape index (κ1) is 13.3. The maximum absolute atomic E-state index is 13.8. The molecule has 1 aromatic carbocycles. The van der Waals surface area contributed by atoms with Gasteiger partial charge < -0.3 is 10.1 Å². The van der Waals surface area contributed by atoms with Crippen molar-refractivity contribution < 1.29 is 9.13 Å². The van der Waals surface area contributed by atoms with Crippen molar-refractivity contribution in [3.8, 4) is 5.75 Å². The quantitative estimate of drug-likeness (QED) is 0.850. The normalized spacial score (nSPS) is 10.0. The Balaban J connectivity index is 2.33. The lowest BCUT2D eigenvalue weighted by Crippen LogP contribution is -2.02. The Bertz CT molecular complexity index is 592. The second kappa shape index (κ2) is 6.15. The standard InChI is InChI=1S/C13H11ClFN3O/c1-2-6-19-11-5-3-4-10(15)12(11)18-13-9(14)7-16-8-17-13/h2-5,7-8H,1,6H2,(H,16,17,18). The number of ether oxygens (including phenoxy) is 1. The third-order valence-corrected chi connectivity index (χ3v) is 2.52. The minimum atomic E-state index is -0.462. The summed E-state index contributed by atoms with van der Waals surface area (Å²) in [7, 11) is 0. The van der Waals surface area contributed by atoms with Crippen molar-refractivity contribution in [2.75, 3.05) is 11.9 Å². The van der Waals surface area contributed by atoms with Crippen molar-refractivity contribution in [2.24, 2.45) is 0 Å². The van der Waals surface area contributed by atoms with Crippen LogP contribution in [-0.4, -0.2) is 16.6 Å². The van der Waals surface area contributed by atoms with Gasteiger partial charge >= 0.3 is 0 Å². The van der Waals surface area contributed by atoms with E-state index in [0.29, 0.717) is 16.6 Å². The van der Waals surface area contributed by atoms with Crippen LogP contribution in [0.3, 0.4) is 0 Å². The number of aromatic nitrogens is 2. The number of nitrogens with zero attached hydrogens (tertiary/aromatic N) is 2. The monoisotopic (exact) mass is 279 g/mol. The summed E-state index contributed by atoms with van der Waals surface area (Å²) in [6.45, 7) is 3.82. The molecule has 0 aliphatic rings. The molecule has 1 heterocycles. The Hall–Kier alpha value is -2.14. The Morgan fingerprint density at radius 2 is 2.32 bits per heavy atom. The number of benzene rings is 1. The SMILES string of the molecule is C=CCOc1cccc(F)c1Nc1ncncc1Cl. The van der Waals surface area contributed by atoms with Crippen LogP contribution in [0.4, 0.5) is 15.9 Å². The van der Waals surface area contributed by atoms with Gasteiger partial charge in [0.25, 0.3) is 0 Å². The summed E-state index contributed by atoms with van der Waals surface area (Å²) < 4.78 is 19.2. The minimum absolute atomic E-state index is 0.171. The van der Waals surface area contributed by atoms with Crippen LogP contribution in [0.15, 0.2) is 43.4 Å². The van der Waals surface area contributed by atoms with Gasteiger partial charge in [-0.05, 0) is 12.1 Å². The summed E-state index contributed by atoms with van der Waals surface area (Å²) in [5.74, 6) is 0.205. The molecule has 6 heteroatoms. The van der Waals surface area contributed by atoms with Gasteiger partial charge in [0.05, 0.1) is 6.20 Å². The average Bonchev–Trinajstić information content (AvgIpc) is 2.41. The van der Waals surface area contributed by atoms with Crippen LogP contribution < -0.4 is 10.1 Å². The molecule has 0 saturated heterocycles. The Labute approximate surface area is 114 Å². The number of para-hydroxylation sites is 1. The van der Waals surface area contributed by atoms with E-state index in [1.165, 1.54) is 18.6 Å². The van der Waals surface area contributed by atoms with E-state index in [0.717, 1.165) is 0 Å². The molecule has 98 valence electrons. The molecule has 19 heavy (non-hydrogen) atoms. The average molecular weight is 280 g/mol. The Kier molecular flexibility index (Phi) is 4.30. The first-order valence-corrected chi connectivity index (χ1v) is 5.85. The highest BCUT2D eigenvalue weighted by atomic mass is 35.5. The molecule has 0 fully saturated rings. The summed E-state index contributed by atoms with van der Waals surface area (Å²) >= 11 is 5.92. The van der Waals surface area contributed by atoms with Gasteiger partial charge in [-0.15, -0.1) is 0 Å². The van der Waals surface area contributed by atoms with Crippen LogP contribution in [0.2, 0.25) is 5.02 Å². The summed E-state index contributed by atoms with van der Waals surface area (Å²) in [5.41, 5.74) is 0.171. The molecular weight excluding hydrogens is 269 g/mol. The van der Waals surface area contributed by atoms with E-state index in [2.05, 4.69) is 21.9 Å². The van der Waals surface area contributed by atoms with E-state index in [1.807, 2.05) is 0 Å². The van der Waals surface area contributed by atoms with E-state index >= 15 is 0 Å². The van der Waals surface area contributed by atoms with E-state index in [9.17, 15) is 4.39 Å². The highest BCUT2D eigenvalue weighted by Gasteiger charge is 2.12. The molecule has 1 aromatic heterocycles. The molecular formula is C13H11ClFN3O. The molecule has 2 rings (SSSR count). The van der Waals surface area contributed by atoms with Crippen LogP contribution in [-0.2, 0) is 0 Å². The molecule has 2 aromatic rings. The van der Waals surface area contributed by atoms with Crippen molar-refractivity contribution in [1.82, 2.24) is 9.97 Å². The van der Waals surface area contributed by atoms with E-state index < -0.39 is 5.82 Å². The smallest absolute Gasteiger partial charge is 0.152 e. The zero-order chi connectivity index (χ0) is 13.7. The zero-order valence-corrected chi connectivity index (χ0v) is 10.7. The summed E-state index contributed by atoms with van der Waals surface area (Å²) in [4.78, 5) is 7.70. The largest absolute Gasteiger partial charge is 0.487 e. The number of rotatable bonds is 5. The molecule has 0 unspecified atom stereocenters. The van der Waals surface area contributed by atoms with Crippen molar-refractivity contribution >= 4 is 23.1 Å². The van der Waals surface area contributed by atoms with Crippen LogP contribution >= 0.6 is 11.6 Å². The maximum Gasteiger partial charge on any atom is 0.152 e. The molecule has 0 radical (unpaired) electrons. The zero-order valence-electron chi connectivity index (χ0n) is 9.94. The first-order chi connectivity index (χ1) is 9.22. The molecule has 0 spiro atoms. The van der Waals surface area contributed by atoms with Gasteiger partial charge in [-0.3, -0.25) is 0 Å². The molecule has 0 amide bonds. The second-order valence-corrected chi connectivity index (χ2v) is 3.96. The number of halogens is 2. The van der Waals surface area contributed by atoms with Crippen LogP contribution in [0, 0.1) is 5.82 Å². The molecule has 0 atom stereocenters. The molecule has 4 nitrogen and oxygen atoms in total.